The molecule has 0 aliphatic heterocycles. The van der Waals surface area contributed by atoms with E-state index in [1.165, 1.54) is 0 Å². The highest BCUT2D eigenvalue weighted by atomic mass is 79.9. The number of hydrogen-bond acceptors (Lipinski definition) is 2. The number of benzene rings is 1. The molecule has 108 valence electrons. The van der Waals surface area contributed by atoms with E-state index in [2.05, 4.69) is 28.2 Å². The number of para-hydroxylation sites is 1. The van der Waals surface area contributed by atoms with Gasteiger partial charge in [-0.05, 0) is 24.8 Å². The summed E-state index contributed by atoms with van der Waals surface area (Å²) in [6.45, 7) is 2.89. The molecule has 0 fully saturated rings. The summed E-state index contributed by atoms with van der Waals surface area (Å²) in [6, 6.07) is 7.60. The van der Waals surface area contributed by atoms with Crippen LogP contribution in [-0.4, -0.2) is 17.8 Å². The molecule has 1 atom stereocenters. The van der Waals surface area contributed by atoms with Crippen LogP contribution >= 0.6 is 15.9 Å². The highest BCUT2D eigenvalue weighted by Crippen LogP contribution is 2.20. The quantitative estimate of drug-likeness (QED) is 0.762. The van der Waals surface area contributed by atoms with Gasteiger partial charge in [-0.1, -0.05) is 47.5 Å². The first-order valence-electron chi connectivity index (χ1n) is 7.06. The maximum absolute atomic E-state index is 12.2. The summed E-state index contributed by atoms with van der Waals surface area (Å²) < 4.78 is 5.40. The molecule has 1 aromatic heterocycles. The van der Waals surface area contributed by atoms with Gasteiger partial charge < -0.3 is 9.73 Å². The van der Waals surface area contributed by atoms with Crippen molar-refractivity contribution in [3.05, 3.63) is 36.1 Å². The van der Waals surface area contributed by atoms with Crippen molar-refractivity contribution in [2.75, 3.05) is 11.9 Å². The molecule has 2 aromatic rings. The summed E-state index contributed by atoms with van der Waals surface area (Å²) in [5, 5.41) is 4.87. The summed E-state index contributed by atoms with van der Waals surface area (Å²) in [5.41, 5.74) is 1.37. The average Bonchev–Trinajstić information content (AvgIpc) is 2.89. The molecule has 0 aliphatic carbocycles. The van der Waals surface area contributed by atoms with Crippen LogP contribution in [0.2, 0.25) is 0 Å². The van der Waals surface area contributed by atoms with E-state index in [1.54, 1.807) is 6.26 Å². The number of alkyl halides is 1. The molecule has 3 nitrogen and oxygen atoms in total. The number of carbonyl (C=O) groups is 1. The molecule has 1 aromatic carbocycles. The lowest BCUT2D eigenvalue weighted by atomic mass is 10.0. The van der Waals surface area contributed by atoms with Crippen LogP contribution < -0.4 is 5.32 Å². The monoisotopic (exact) mass is 337 g/mol. The van der Waals surface area contributed by atoms with Gasteiger partial charge in [-0.2, -0.15) is 0 Å². The molecule has 1 unspecified atom stereocenters. The van der Waals surface area contributed by atoms with E-state index >= 15 is 0 Å². The second kappa shape index (κ2) is 7.48. The molecule has 0 bridgehead atoms. The van der Waals surface area contributed by atoms with Gasteiger partial charge in [0.05, 0.1) is 5.56 Å². The van der Waals surface area contributed by atoms with E-state index in [4.69, 9.17) is 4.42 Å². The van der Waals surface area contributed by atoms with Gasteiger partial charge in [0.15, 0.2) is 0 Å². The zero-order chi connectivity index (χ0) is 14.4. The average molecular weight is 338 g/mol. The number of rotatable bonds is 7. The van der Waals surface area contributed by atoms with Crippen molar-refractivity contribution in [1.82, 2.24) is 5.32 Å². The molecule has 2 rings (SSSR count). The lowest BCUT2D eigenvalue weighted by Gasteiger charge is -2.15. The van der Waals surface area contributed by atoms with Gasteiger partial charge in [-0.3, -0.25) is 4.79 Å². The van der Waals surface area contributed by atoms with Crippen LogP contribution in [0.15, 0.2) is 34.9 Å². The lowest BCUT2D eigenvalue weighted by molar-refractivity contribution is 0.0947. The molecule has 1 N–H and O–H groups in total. The highest BCUT2D eigenvalue weighted by Gasteiger charge is 2.15. The minimum Gasteiger partial charge on any atom is -0.463 e. The van der Waals surface area contributed by atoms with Gasteiger partial charge in [-0.25, -0.2) is 0 Å². The number of nitrogens with one attached hydrogen (secondary N) is 1. The smallest absolute Gasteiger partial charge is 0.255 e. The maximum Gasteiger partial charge on any atom is 0.255 e. The van der Waals surface area contributed by atoms with Gasteiger partial charge >= 0.3 is 0 Å². The Morgan fingerprint density at radius 3 is 2.90 bits per heavy atom. The fraction of sp³-hybridized carbons (Fsp3) is 0.438. The molecule has 0 saturated carbocycles. The third kappa shape index (κ3) is 3.63. The maximum atomic E-state index is 12.2. The zero-order valence-corrected chi connectivity index (χ0v) is 13.3. The number of halogens is 1. The largest absolute Gasteiger partial charge is 0.463 e. The topological polar surface area (TPSA) is 42.2 Å². The number of carbonyl (C=O) groups excluding carboxylic acids is 1. The Morgan fingerprint density at radius 1 is 1.35 bits per heavy atom. The van der Waals surface area contributed by atoms with Crippen LogP contribution in [-0.2, 0) is 0 Å². The van der Waals surface area contributed by atoms with E-state index in [0.717, 1.165) is 42.1 Å². The summed E-state index contributed by atoms with van der Waals surface area (Å²) in [7, 11) is 0. The molecular weight excluding hydrogens is 318 g/mol. The minimum absolute atomic E-state index is 0.0503. The molecule has 0 aliphatic rings. The van der Waals surface area contributed by atoms with E-state index < -0.39 is 0 Å². The Morgan fingerprint density at radius 2 is 2.15 bits per heavy atom. The predicted octanol–water partition coefficient (Wildman–Crippen LogP) is 4.36. The van der Waals surface area contributed by atoms with Crippen molar-refractivity contribution < 1.29 is 9.21 Å². The van der Waals surface area contributed by atoms with E-state index in [0.29, 0.717) is 11.5 Å². The van der Waals surface area contributed by atoms with E-state index in [1.807, 2.05) is 24.3 Å². The van der Waals surface area contributed by atoms with Crippen LogP contribution in [0.3, 0.4) is 0 Å². The number of amides is 1. The number of hydrogen-bond donors (Lipinski definition) is 1. The first kappa shape index (κ1) is 15.1. The Bertz CT molecular complexity index is 558. The van der Waals surface area contributed by atoms with Crippen molar-refractivity contribution in [2.45, 2.75) is 26.2 Å². The third-order valence-electron chi connectivity index (χ3n) is 3.49. The normalized spacial score (nSPS) is 12.5. The van der Waals surface area contributed by atoms with Crippen LogP contribution in [0, 0.1) is 5.92 Å². The van der Waals surface area contributed by atoms with Crippen molar-refractivity contribution in [2.24, 2.45) is 5.92 Å². The molecular formula is C16H20BrNO2. The standard InChI is InChI=1S/C16H20BrNO2/c1-2-5-12(8-9-17)10-18-16(19)14-11-20-15-7-4-3-6-13(14)15/h3-4,6-7,11-12H,2,5,8-10H2,1H3,(H,18,19). The first-order chi connectivity index (χ1) is 9.76. The lowest BCUT2D eigenvalue weighted by Crippen LogP contribution is -2.29. The molecule has 0 spiro atoms. The van der Waals surface area contributed by atoms with Crippen LogP contribution in [0.5, 0.6) is 0 Å². The van der Waals surface area contributed by atoms with Crippen LogP contribution in [0.1, 0.15) is 36.5 Å². The summed E-state index contributed by atoms with van der Waals surface area (Å²) in [6.07, 6.45) is 4.90. The summed E-state index contributed by atoms with van der Waals surface area (Å²) >= 11 is 3.47. The zero-order valence-electron chi connectivity index (χ0n) is 11.7. The molecule has 0 radical (unpaired) electrons. The fourth-order valence-corrected chi connectivity index (χ4v) is 3.04. The van der Waals surface area contributed by atoms with Gasteiger partial charge in [0.25, 0.3) is 5.91 Å². The second-order valence-corrected chi connectivity index (χ2v) is 5.78. The summed E-state index contributed by atoms with van der Waals surface area (Å²) in [5.74, 6) is 0.479. The van der Waals surface area contributed by atoms with Gasteiger partial charge in [0.1, 0.15) is 11.8 Å². The van der Waals surface area contributed by atoms with Crippen molar-refractivity contribution in [3.63, 3.8) is 0 Å². The predicted molar refractivity (Wildman–Crippen MR) is 85.4 cm³/mol. The van der Waals surface area contributed by atoms with Gasteiger partial charge in [0.2, 0.25) is 0 Å². The third-order valence-corrected chi connectivity index (χ3v) is 3.95. The van der Waals surface area contributed by atoms with Gasteiger partial charge in [0, 0.05) is 17.3 Å². The Labute approximate surface area is 127 Å². The minimum atomic E-state index is -0.0503. The second-order valence-electron chi connectivity index (χ2n) is 4.99. The Kier molecular flexibility index (Phi) is 5.65. The fourth-order valence-electron chi connectivity index (χ4n) is 2.40. The number of fused-ring (bicyclic) bond motifs is 1. The molecule has 0 saturated heterocycles. The van der Waals surface area contributed by atoms with Crippen molar-refractivity contribution in [3.8, 4) is 0 Å². The van der Waals surface area contributed by atoms with E-state index in [9.17, 15) is 4.79 Å². The van der Waals surface area contributed by atoms with E-state index in [-0.39, 0.29) is 5.91 Å². The molecule has 20 heavy (non-hydrogen) atoms. The van der Waals surface area contributed by atoms with Crippen LogP contribution in [0.4, 0.5) is 0 Å². The van der Waals surface area contributed by atoms with Crippen molar-refractivity contribution in [1.29, 1.82) is 0 Å². The first-order valence-corrected chi connectivity index (χ1v) is 8.18. The van der Waals surface area contributed by atoms with Gasteiger partial charge in [-0.15, -0.1) is 0 Å². The SMILES string of the molecule is CCCC(CCBr)CNC(=O)c1coc2ccccc12. The van der Waals surface area contributed by atoms with Crippen molar-refractivity contribution >= 4 is 32.8 Å². The number of furan rings is 1. The Hall–Kier alpha value is -1.29. The molecule has 4 heteroatoms. The summed E-state index contributed by atoms with van der Waals surface area (Å²) in [4.78, 5) is 12.2. The Balaban J connectivity index is 2.01. The molecule has 1 amide bonds. The highest BCUT2D eigenvalue weighted by molar-refractivity contribution is 9.09. The molecule has 1 heterocycles. The van der Waals surface area contributed by atoms with Crippen LogP contribution in [0.25, 0.3) is 11.0 Å².